The van der Waals surface area contributed by atoms with Crippen LogP contribution in [0.25, 0.3) is 0 Å². The Morgan fingerprint density at radius 2 is 1.68 bits per heavy atom. The summed E-state index contributed by atoms with van der Waals surface area (Å²) in [5.41, 5.74) is 1.41. The lowest BCUT2D eigenvalue weighted by Gasteiger charge is -2.10. The first-order valence-corrected chi connectivity index (χ1v) is 7.39. The Bertz CT molecular complexity index is 783. The number of carbonyl (C=O) groups excluding carboxylic acids is 2. The lowest BCUT2D eigenvalue weighted by molar-refractivity contribution is -0.137. The fourth-order valence-electron chi connectivity index (χ4n) is 2.12. The van der Waals surface area contributed by atoms with Gasteiger partial charge in [0, 0.05) is 5.69 Å². The van der Waals surface area contributed by atoms with E-state index in [0.717, 1.165) is 35.4 Å². The average molecular weight is 351 g/mol. The van der Waals surface area contributed by atoms with Crippen molar-refractivity contribution in [2.24, 2.45) is 0 Å². The van der Waals surface area contributed by atoms with E-state index >= 15 is 0 Å². The third-order valence-electron chi connectivity index (χ3n) is 3.65. The number of hydrogen-bond donors (Lipinski definition) is 1. The molecule has 2 rings (SSSR count). The van der Waals surface area contributed by atoms with Gasteiger partial charge in [0.1, 0.15) is 0 Å². The lowest BCUT2D eigenvalue weighted by Crippen LogP contribution is -2.21. The van der Waals surface area contributed by atoms with Crippen molar-refractivity contribution < 1.29 is 27.5 Å². The van der Waals surface area contributed by atoms with E-state index in [1.807, 2.05) is 13.0 Å². The second kappa shape index (κ2) is 7.38. The molecule has 0 radical (unpaired) electrons. The number of ether oxygens (including phenoxy) is 1. The highest BCUT2D eigenvalue weighted by molar-refractivity contribution is 5.96. The number of aryl methyl sites for hydroxylation is 1. The molecule has 0 atom stereocenters. The van der Waals surface area contributed by atoms with Gasteiger partial charge in [-0.2, -0.15) is 13.2 Å². The fourth-order valence-corrected chi connectivity index (χ4v) is 2.12. The van der Waals surface area contributed by atoms with Crippen molar-refractivity contribution >= 4 is 17.6 Å². The van der Waals surface area contributed by atoms with Gasteiger partial charge in [-0.1, -0.05) is 12.1 Å². The molecule has 0 saturated carbocycles. The van der Waals surface area contributed by atoms with Gasteiger partial charge < -0.3 is 10.1 Å². The topological polar surface area (TPSA) is 55.4 Å². The predicted molar refractivity (Wildman–Crippen MR) is 86.3 cm³/mol. The SMILES string of the molecule is Cc1cccc(C(=O)OCC(=O)Nc2ccc(C(F)(F)F)cc2)c1C. The van der Waals surface area contributed by atoms with E-state index in [0.29, 0.717) is 5.56 Å². The summed E-state index contributed by atoms with van der Waals surface area (Å²) in [4.78, 5) is 23.8. The molecular weight excluding hydrogens is 335 g/mol. The normalized spacial score (nSPS) is 11.1. The van der Waals surface area contributed by atoms with Gasteiger partial charge in [-0.3, -0.25) is 4.79 Å². The van der Waals surface area contributed by atoms with Crippen LogP contribution in [-0.2, 0) is 15.7 Å². The zero-order chi connectivity index (χ0) is 18.6. The molecule has 1 amide bonds. The van der Waals surface area contributed by atoms with Gasteiger partial charge in [0.15, 0.2) is 6.61 Å². The first kappa shape index (κ1) is 18.5. The van der Waals surface area contributed by atoms with Crippen LogP contribution in [0.5, 0.6) is 0 Å². The maximum atomic E-state index is 12.5. The van der Waals surface area contributed by atoms with Gasteiger partial charge in [-0.05, 0) is 55.3 Å². The van der Waals surface area contributed by atoms with E-state index in [-0.39, 0.29) is 5.69 Å². The van der Waals surface area contributed by atoms with Crippen LogP contribution in [0.2, 0.25) is 0 Å². The van der Waals surface area contributed by atoms with E-state index in [2.05, 4.69) is 5.32 Å². The number of anilines is 1. The molecule has 25 heavy (non-hydrogen) atoms. The number of amides is 1. The van der Waals surface area contributed by atoms with Crippen molar-refractivity contribution in [2.45, 2.75) is 20.0 Å². The smallest absolute Gasteiger partial charge is 0.416 e. The number of hydrogen-bond acceptors (Lipinski definition) is 3. The van der Waals surface area contributed by atoms with Crippen LogP contribution in [0, 0.1) is 13.8 Å². The van der Waals surface area contributed by atoms with Crippen LogP contribution in [-0.4, -0.2) is 18.5 Å². The molecule has 2 aromatic rings. The minimum absolute atomic E-state index is 0.181. The Kier molecular flexibility index (Phi) is 5.46. The summed E-state index contributed by atoms with van der Waals surface area (Å²) in [5, 5.41) is 2.37. The van der Waals surface area contributed by atoms with Gasteiger partial charge in [0.2, 0.25) is 0 Å². The first-order chi connectivity index (χ1) is 11.7. The van der Waals surface area contributed by atoms with E-state index in [9.17, 15) is 22.8 Å². The Balaban J connectivity index is 1.92. The highest BCUT2D eigenvalue weighted by Crippen LogP contribution is 2.29. The summed E-state index contributed by atoms with van der Waals surface area (Å²) in [6.07, 6.45) is -4.44. The molecule has 7 heteroatoms. The third kappa shape index (κ3) is 4.82. The van der Waals surface area contributed by atoms with Crippen molar-refractivity contribution in [3.05, 3.63) is 64.7 Å². The molecular formula is C18H16F3NO3. The minimum atomic E-state index is -4.44. The Hall–Kier alpha value is -2.83. The molecule has 1 N–H and O–H groups in total. The van der Waals surface area contributed by atoms with Gasteiger partial charge >= 0.3 is 12.1 Å². The van der Waals surface area contributed by atoms with Crippen molar-refractivity contribution in [3.63, 3.8) is 0 Å². The standard InChI is InChI=1S/C18H16F3NO3/c1-11-4-3-5-15(12(11)2)17(24)25-10-16(23)22-14-8-6-13(7-9-14)18(19,20)21/h3-9H,10H2,1-2H3,(H,22,23). The zero-order valence-corrected chi connectivity index (χ0v) is 13.6. The highest BCUT2D eigenvalue weighted by atomic mass is 19.4. The Morgan fingerprint density at radius 3 is 2.28 bits per heavy atom. The number of nitrogens with one attached hydrogen (secondary N) is 1. The highest BCUT2D eigenvalue weighted by Gasteiger charge is 2.30. The van der Waals surface area contributed by atoms with Gasteiger partial charge in [-0.15, -0.1) is 0 Å². The third-order valence-corrected chi connectivity index (χ3v) is 3.65. The number of benzene rings is 2. The van der Waals surface area contributed by atoms with Crippen LogP contribution in [0.15, 0.2) is 42.5 Å². The summed E-state index contributed by atoms with van der Waals surface area (Å²) in [5.74, 6) is -1.28. The molecule has 0 aromatic heterocycles. The molecule has 0 spiro atoms. The summed E-state index contributed by atoms with van der Waals surface area (Å²) in [7, 11) is 0. The number of rotatable bonds is 4. The largest absolute Gasteiger partial charge is 0.452 e. The van der Waals surface area contributed by atoms with Crippen molar-refractivity contribution in [2.75, 3.05) is 11.9 Å². The molecule has 0 aliphatic carbocycles. The molecule has 0 aliphatic heterocycles. The fraction of sp³-hybridized carbons (Fsp3) is 0.222. The molecule has 0 fully saturated rings. The number of esters is 1. The van der Waals surface area contributed by atoms with Crippen LogP contribution in [0.4, 0.5) is 18.9 Å². The van der Waals surface area contributed by atoms with Crippen molar-refractivity contribution in [3.8, 4) is 0 Å². The molecule has 4 nitrogen and oxygen atoms in total. The molecule has 0 aliphatic rings. The van der Waals surface area contributed by atoms with Crippen molar-refractivity contribution in [1.82, 2.24) is 0 Å². The first-order valence-electron chi connectivity index (χ1n) is 7.39. The van der Waals surface area contributed by atoms with Gasteiger partial charge in [-0.25, -0.2) is 4.79 Å². The Labute approximate surface area is 142 Å². The van der Waals surface area contributed by atoms with E-state index in [4.69, 9.17) is 4.74 Å². The van der Waals surface area contributed by atoms with E-state index in [1.54, 1.807) is 19.1 Å². The molecule has 0 saturated heterocycles. The summed E-state index contributed by atoms with van der Waals surface area (Å²) in [6, 6.07) is 9.14. The zero-order valence-electron chi connectivity index (χ0n) is 13.6. The maximum Gasteiger partial charge on any atom is 0.416 e. The molecule has 0 unspecified atom stereocenters. The molecule has 132 valence electrons. The van der Waals surface area contributed by atoms with Crippen LogP contribution >= 0.6 is 0 Å². The average Bonchev–Trinajstić information content (AvgIpc) is 2.55. The number of halogens is 3. The molecule has 0 bridgehead atoms. The lowest BCUT2D eigenvalue weighted by atomic mass is 10.0. The Morgan fingerprint density at radius 1 is 1.04 bits per heavy atom. The summed E-state index contributed by atoms with van der Waals surface area (Å²) in [6.45, 7) is 3.09. The van der Waals surface area contributed by atoms with Gasteiger partial charge in [0.05, 0.1) is 11.1 Å². The minimum Gasteiger partial charge on any atom is -0.452 e. The quantitative estimate of drug-likeness (QED) is 0.843. The second-order valence-electron chi connectivity index (χ2n) is 5.45. The van der Waals surface area contributed by atoms with Crippen LogP contribution < -0.4 is 5.32 Å². The van der Waals surface area contributed by atoms with Crippen molar-refractivity contribution in [1.29, 1.82) is 0 Å². The maximum absolute atomic E-state index is 12.5. The van der Waals surface area contributed by atoms with Gasteiger partial charge in [0.25, 0.3) is 5.91 Å². The van der Waals surface area contributed by atoms with Crippen LogP contribution in [0.1, 0.15) is 27.0 Å². The van der Waals surface area contributed by atoms with Crippen LogP contribution in [0.3, 0.4) is 0 Å². The number of alkyl halides is 3. The second-order valence-corrected chi connectivity index (χ2v) is 5.45. The predicted octanol–water partition coefficient (Wildman–Crippen LogP) is 4.12. The van der Waals surface area contributed by atoms with E-state index in [1.165, 1.54) is 0 Å². The number of carbonyl (C=O) groups is 2. The summed E-state index contributed by atoms with van der Waals surface area (Å²) >= 11 is 0. The monoisotopic (exact) mass is 351 g/mol. The molecule has 0 heterocycles. The summed E-state index contributed by atoms with van der Waals surface area (Å²) < 4.78 is 42.4. The molecule has 2 aromatic carbocycles. The van der Waals surface area contributed by atoms with E-state index < -0.39 is 30.2 Å².